The van der Waals surface area contributed by atoms with Crippen LogP contribution in [0.4, 0.5) is 18.9 Å². The van der Waals surface area contributed by atoms with E-state index in [4.69, 9.17) is 0 Å². The second-order valence-corrected chi connectivity index (χ2v) is 5.75. The van der Waals surface area contributed by atoms with Crippen molar-refractivity contribution < 1.29 is 18.0 Å². The van der Waals surface area contributed by atoms with Crippen LogP contribution >= 0.6 is 22.6 Å². The van der Waals surface area contributed by atoms with Crippen LogP contribution in [0.5, 0.6) is 0 Å². The fourth-order valence-corrected chi connectivity index (χ4v) is 2.25. The van der Waals surface area contributed by atoms with Crippen LogP contribution in [0.1, 0.15) is 21.5 Å². The van der Waals surface area contributed by atoms with E-state index in [0.717, 1.165) is 11.6 Å². The molecule has 2 nitrogen and oxygen atoms in total. The molecule has 0 heterocycles. The van der Waals surface area contributed by atoms with Gasteiger partial charge in [0.05, 0.1) is 11.3 Å². The van der Waals surface area contributed by atoms with Gasteiger partial charge in [0.1, 0.15) is 0 Å². The number of rotatable bonds is 2. The molecule has 0 fully saturated rings. The summed E-state index contributed by atoms with van der Waals surface area (Å²) in [6.45, 7) is 1.86. The summed E-state index contributed by atoms with van der Waals surface area (Å²) in [7, 11) is 0. The minimum absolute atomic E-state index is 0.242. The van der Waals surface area contributed by atoms with Crippen molar-refractivity contribution in [1.82, 2.24) is 0 Å². The molecule has 1 N–H and O–H groups in total. The van der Waals surface area contributed by atoms with E-state index in [0.29, 0.717) is 9.13 Å². The third-order valence-corrected chi connectivity index (χ3v) is 3.52. The first kappa shape index (κ1) is 15.8. The predicted octanol–water partition coefficient (Wildman–Crippen LogP) is 4.87. The average Bonchev–Trinajstić information content (AvgIpc) is 2.40. The first-order chi connectivity index (χ1) is 9.77. The van der Waals surface area contributed by atoms with Gasteiger partial charge in [0.15, 0.2) is 0 Å². The van der Waals surface area contributed by atoms with Gasteiger partial charge in [-0.05, 0) is 59.8 Å². The number of alkyl halides is 3. The van der Waals surface area contributed by atoms with Crippen LogP contribution < -0.4 is 5.32 Å². The van der Waals surface area contributed by atoms with Gasteiger partial charge in [0.2, 0.25) is 0 Å². The highest BCUT2D eigenvalue weighted by Crippen LogP contribution is 2.35. The van der Waals surface area contributed by atoms with Gasteiger partial charge in [-0.3, -0.25) is 4.79 Å². The number of benzene rings is 2. The van der Waals surface area contributed by atoms with Crippen molar-refractivity contribution in [2.75, 3.05) is 5.32 Å². The maximum atomic E-state index is 13.0. The monoisotopic (exact) mass is 405 g/mol. The number of halogens is 4. The lowest BCUT2D eigenvalue weighted by molar-refractivity contribution is -0.137. The number of aryl methyl sites for hydroxylation is 1. The highest BCUT2D eigenvalue weighted by atomic mass is 127. The Morgan fingerprint density at radius 2 is 1.71 bits per heavy atom. The molecule has 0 aliphatic heterocycles. The standard InChI is InChI=1S/C15H11F3INO/c1-9-2-4-10(5-3-9)14(21)20-13-7-6-11(19)8-12(13)15(16,17)18/h2-8H,1H3,(H,20,21). The highest BCUT2D eigenvalue weighted by molar-refractivity contribution is 14.1. The molecule has 21 heavy (non-hydrogen) atoms. The number of anilines is 1. The van der Waals surface area contributed by atoms with E-state index in [1.165, 1.54) is 12.1 Å². The first-order valence-electron chi connectivity index (χ1n) is 6.02. The topological polar surface area (TPSA) is 29.1 Å². The van der Waals surface area contributed by atoms with E-state index >= 15 is 0 Å². The fourth-order valence-electron chi connectivity index (χ4n) is 1.76. The van der Waals surface area contributed by atoms with E-state index in [1.807, 2.05) is 6.92 Å². The predicted molar refractivity (Wildman–Crippen MR) is 83.3 cm³/mol. The highest BCUT2D eigenvalue weighted by Gasteiger charge is 2.34. The van der Waals surface area contributed by atoms with Crippen molar-refractivity contribution in [2.45, 2.75) is 13.1 Å². The average molecular weight is 405 g/mol. The van der Waals surface area contributed by atoms with E-state index < -0.39 is 17.6 Å². The van der Waals surface area contributed by atoms with Crippen LogP contribution in [-0.4, -0.2) is 5.91 Å². The molecule has 2 aromatic carbocycles. The Balaban J connectivity index is 2.31. The number of hydrogen-bond donors (Lipinski definition) is 1. The van der Waals surface area contributed by atoms with E-state index in [1.54, 1.807) is 46.9 Å². The van der Waals surface area contributed by atoms with E-state index in [2.05, 4.69) is 5.32 Å². The maximum Gasteiger partial charge on any atom is 0.418 e. The Labute approximate surface area is 133 Å². The number of nitrogens with one attached hydrogen (secondary N) is 1. The molecule has 2 rings (SSSR count). The van der Waals surface area contributed by atoms with Gasteiger partial charge in [-0.2, -0.15) is 13.2 Å². The second-order valence-electron chi connectivity index (χ2n) is 4.51. The summed E-state index contributed by atoms with van der Waals surface area (Å²) in [6.07, 6.45) is -4.52. The third kappa shape index (κ3) is 3.96. The van der Waals surface area contributed by atoms with E-state index in [9.17, 15) is 18.0 Å². The lowest BCUT2D eigenvalue weighted by Crippen LogP contribution is -2.16. The smallest absolute Gasteiger partial charge is 0.321 e. The normalized spacial score (nSPS) is 11.3. The molecule has 0 saturated heterocycles. The number of carbonyl (C=O) groups excluding carboxylic acids is 1. The summed E-state index contributed by atoms with van der Waals surface area (Å²) in [5, 5.41) is 2.32. The van der Waals surface area contributed by atoms with Crippen LogP contribution in [0.25, 0.3) is 0 Å². The summed E-state index contributed by atoms with van der Waals surface area (Å²) in [4.78, 5) is 12.0. The summed E-state index contributed by atoms with van der Waals surface area (Å²) in [5.74, 6) is -0.568. The van der Waals surface area contributed by atoms with Crippen LogP contribution in [-0.2, 0) is 6.18 Å². The zero-order valence-electron chi connectivity index (χ0n) is 11.0. The van der Waals surface area contributed by atoms with Crippen LogP contribution in [0.2, 0.25) is 0 Å². The van der Waals surface area contributed by atoms with Crippen molar-refractivity contribution in [3.8, 4) is 0 Å². The first-order valence-corrected chi connectivity index (χ1v) is 7.10. The Hall–Kier alpha value is -1.57. The minimum Gasteiger partial charge on any atom is -0.321 e. The van der Waals surface area contributed by atoms with Crippen molar-refractivity contribution in [3.05, 3.63) is 62.7 Å². The molecule has 0 saturated carbocycles. The number of amides is 1. The molecular formula is C15H11F3INO. The zero-order chi connectivity index (χ0) is 15.6. The summed E-state index contributed by atoms with van der Waals surface area (Å²) >= 11 is 1.80. The largest absolute Gasteiger partial charge is 0.418 e. The molecule has 0 aliphatic carbocycles. The molecule has 0 atom stereocenters. The molecule has 2 aromatic rings. The SMILES string of the molecule is Cc1ccc(C(=O)Nc2ccc(I)cc2C(F)(F)F)cc1. The van der Waals surface area contributed by atoms with Gasteiger partial charge in [0, 0.05) is 9.13 Å². The molecule has 110 valence electrons. The van der Waals surface area contributed by atoms with Crippen molar-refractivity contribution in [3.63, 3.8) is 0 Å². The van der Waals surface area contributed by atoms with Crippen LogP contribution in [0.15, 0.2) is 42.5 Å². The summed E-state index contributed by atoms with van der Waals surface area (Å²) in [5.41, 5.74) is 0.187. The van der Waals surface area contributed by atoms with Gasteiger partial charge < -0.3 is 5.32 Å². The van der Waals surface area contributed by atoms with Gasteiger partial charge in [-0.1, -0.05) is 17.7 Å². The third-order valence-electron chi connectivity index (χ3n) is 2.85. The zero-order valence-corrected chi connectivity index (χ0v) is 13.1. The molecule has 0 bridgehead atoms. The lowest BCUT2D eigenvalue weighted by atomic mass is 10.1. The molecule has 0 aromatic heterocycles. The van der Waals surface area contributed by atoms with E-state index in [-0.39, 0.29) is 5.69 Å². The van der Waals surface area contributed by atoms with Crippen molar-refractivity contribution >= 4 is 34.2 Å². The lowest BCUT2D eigenvalue weighted by Gasteiger charge is -2.14. The van der Waals surface area contributed by atoms with Gasteiger partial charge >= 0.3 is 6.18 Å². The second kappa shape index (κ2) is 6.05. The van der Waals surface area contributed by atoms with Crippen molar-refractivity contribution in [2.24, 2.45) is 0 Å². The van der Waals surface area contributed by atoms with Crippen LogP contribution in [0.3, 0.4) is 0 Å². The fraction of sp³-hybridized carbons (Fsp3) is 0.133. The van der Waals surface area contributed by atoms with Gasteiger partial charge in [0.25, 0.3) is 5.91 Å². The Kier molecular flexibility index (Phi) is 4.55. The molecule has 0 unspecified atom stereocenters. The molecular weight excluding hydrogens is 394 g/mol. The summed E-state index contributed by atoms with van der Waals surface area (Å²) in [6, 6.07) is 10.4. The Morgan fingerprint density at radius 3 is 2.29 bits per heavy atom. The Bertz CT molecular complexity index is 666. The number of hydrogen-bond acceptors (Lipinski definition) is 1. The van der Waals surface area contributed by atoms with Gasteiger partial charge in [-0.15, -0.1) is 0 Å². The molecule has 0 spiro atoms. The van der Waals surface area contributed by atoms with Gasteiger partial charge in [-0.25, -0.2) is 0 Å². The quantitative estimate of drug-likeness (QED) is 0.710. The van der Waals surface area contributed by atoms with Crippen molar-refractivity contribution in [1.29, 1.82) is 0 Å². The molecule has 0 aliphatic rings. The molecule has 1 amide bonds. The number of carbonyl (C=O) groups is 1. The summed E-state index contributed by atoms with van der Waals surface area (Å²) < 4.78 is 39.4. The molecule has 6 heteroatoms. The van der Waals surface area contributed by atoms with Crippen LogP contribution in [0, 0.1) is 10.5 Å². The maximum absolute atomic E-state index is 13.0. The minimum atomic E-state index is -4.52. The molecule has 0 radical (unpaired) electrons. The Morgan fingerprint density at radius 1 is 1.10 bits per heavy atom.